The van der Waals surface area contributed by atoms with Crippen molar-refractivity contribution in [3.8, 4) is 0 Å². The lowest BCUT2D eigenvalue weighted by atomic mass is 9.93. The molecule has 3 aliphatic carbocycles. The van der Waals surface area contributed by atoms with Crippen molar-refractivity contribution in [2.75, 3.05) is 0 Å². The maximum absolute atomic E-state index is 6.36. The lowest BCUT2D eigenvalue weighted by Crippen LogP contribution is -1.94. The minimum Gasteiger partial charge on any atom is -0.112 e. The van der Waals surface area contributed by atoms with Crippen LogP contribution < -0.4 is 0 Å². The molecule has 17 heavy (non-hydrogen) atoms. The van der Waals surface area contributed by atoms with Crippen molar-refractivity contribution in [3.05, 3.63) is 69.9 Å². The van der Waals surface area contributed by atoms with Crippen LogP contribution in [0.1, 0.15) is 12.8 Å². The largest absolute Gasteiger partial charge is 0.112 e. The average molecular weight is 263 g/mol. The standard InChI is InChI=1S/C15H12Cl2/c16-13-9-12(10-5-1-2-6-10)14(15(13)17)11-7-3-4-8-11/h1-5,7,9,13H,6,8H2. The molecule has 3 rings (SSSR count). The first kappa shape index (κ1) is 11.1. The first-order valence-electron chi connectivity index (χ1n) is 5.75. The van der Waals surface area contributed by atoms with Crippen LogP contribution in [-0.2, 0) is 0 Å². The zero-order chi connectivity index (χ0) is 11.8. The summed E-state index contributed by atoms with van der Waals surface area (Å²) in [6.45, 7) is 0. The van der Waals surface area contributed by atoms with Crippen molar-refractivity contribution in [2.24, 2.45) is 0 Å². The molecule has 0 aromatic rings. The minimum absolute atomic E-state index is 0.176. The molecule has 86 valence electrons. The normalized spacial score (nSPS) is 26.7. The van der Waals surface area contributed by atoms with E-state index < -0.39 is 0 Å². The highest BCUT2D eigenvalue weighted by Gasteiger charge is 2.28. The molecule has 0 aliphatic heterocycles. The first-order valence-corrected chi connectivity index (χ1v) is 6.57. The minimum atomic E-state index is -0.176. The predicted octanol–water partition coefficient (Wildman–Crippen LogP) is 4.80. The van der Waals surface area contributed by atoms with Crippen molar-refractivity contribution in [2.45, 2.75) is 18.2 Å². The second-order valence-electron chi connectivity index (χ2n) is 4.35. The molecule has 0 aromatic heterocycles. The third kappa shape index (κ3) is 1.86. The Bertz CT molecular complexity index is 539. The van der Waals surface area contributed by atoms with E-state index in [1.807, 2.05) is 0 Å². The monoisotopic (exact) mass is 262 g/mol. The van der Waals surface area contributed by atoms with Crippen LogP contribution in [0.3, 0.4) is 0 Å². The summed E-state index contributed by atoms with van der Waals surface area (Å²) < 4.78 is 0. The van der Waals surface area contributed by atoms with Crippen LogP contribution in [0.15, 0.2) is 69.9 Å². The van der Waals surface area contributed by atoms with Crippen molar-refractivity contribution in [3.63, 3.8) is 0 Å². The van der Waals surface area contributed by atoms with Gasteiger partial charge in [0.15, 0.2) is 0 Å². The Morgan fingerprint density at radius 2 is 1.65 bits per heavy atom. The van der Waals surface area contributed by atoms with E-state index in [9.17, 15) is 0 Å². The van der Waals surface area contributed by atoms with Gasteiger partial charge in [0.05, 0.1) is 5.38 Å². The van der Waals surface area contributed by atoms with Gasteiger partial charge < -0.3 is 0 Å². The van der Waals surface area contributed by atoms with E-state index in [4.69, 9.17) is 23.2 Å². The molecular formula is C15H12Cl2. The summed E-state index contributed by atoms with van der Waals surface area (Å²) in [5.41, 5.74) is 4.95. The number of allylic oxidation sites excluding steroid dienone is 12. The molecule has 1 atom stereocenters. The Balaban J connectivity index is 2.01. The predicted molar refractivity (Wildman–Crippen MR) is 74.3 cm³/mol. The Labute approximate surface area is 111 Å². The van der Waals surface area contributed by atoms with Gasteiger partial charge in [0, 0.05) is 10.6 Å². The highest BCUT2D eigenvalue weighted by atomic mass is 35.5. The van der Waals surface area contributed by atoms with E-state index in [2.05, 4.69) is 42.5 Å². The molecule has 1 unspecified atom stereocenters. The SMILES string of the molecule is ClC1=C(C2=CC=CC2)C(C2=CC=CC2)=CC1Cl. The van der Waals surface area contributed by atoms with E-state index in [1.54, 1.807) is 0 Å². The zero-order valence-corrected chi connectivity index (χ0v) is 10.8. The molecule has 0 fully saturated rings. The molecule has 0 saturated heterocycles. The summed E-state index contributed by atoms with van der Waals surface area (Å²) in [6.07, 6.45) is 16.7. The van der Waals surface area contributed by atoms with Gasteiger partial charge in [-0.15, -0.1) is 11.6 Å². The van der Waals surface area contributed by atoms with Crippen LogP contribution in [0.25, 0.3) is 0 Å². The Morgan fingerprint density at radius 3 is 2.24 bits per heavy atom. The molecule has 0 saturated carbocycles. The number of hydrogen-bond acceptors (Lipinski definition) is 0. The van der Waals surface area contributed by atoms with Gasteiger partial charge >= 0.3 is 0 Å². The van der Waals surface area contributed by atoms with Crippen molar-refractivity contribution >= 4 is 23.2 Å². The smallest absolute Gasteiger partial charge is 0.0887 e. The molecule has 0 bridgehead atoms. The van der Waals surface area contributed by atoms with E-state index in [-0.39, 0.29) is 5.38 Å². The molecule has 0 aromatic carbocycles. The highest BCUT2D eigenvalue weighted by Crippen LogP contribution is 2.43. The van der Waals surface area contributed by atoms with E-state index in [1.165, 1.54) is 16.7 Å². The second kappa shape index (κ2) is 4.36. The van der Waals surface area contributed by atoms with Crippen molar-refractivity contribution in [1.29, 1.82) is 0 Å². The summed E-state index contributed by atoms with van der Waals surface area (Å²) in [7, 11) is 0. The van der Waals surface area contributed by atoms with Gasteiger partial charge in [-0.3, -0.25) is 0 Å². The summed E-state index contributed by atoms with van der Waals surface area (Å²) in [5.74, 6) is 0. The molecule has 0 N–H and O–H groups in total. The average Bonchev–Trinajstić information content (AvgIpc) is 3.01. The Hall–Kier alpha value is -0.980. The lowest BCUT2D eigenvalue weighted by molar-refractivity contribution is 1.21. The quantitative estimate of drug-likeness (QED) is 0.628. The Morgan fingerprint density at radius 1 is 1.00 bits per heavy atom. The number of alkyl halides is 1. The third-order valence-corrected chi connectivity index (χ3v) is 4.15. The summed E-state index contributed by atoms with van der Waals surface area (Å²) >= 11 is 12.6. The van der Waals surface area contributed by atoms with Crippen LogP contribution >= 0.6 is 23.2 Å². The third-order valence-electron chi connectivity index (χ3n) is 3.27. The van der Waals surface area contributed by atoms with Crippen LogP contribution in [-0.4, -0.2) is 5.38 Å². The van der Waals surface area contributed by atoms with Gasteiger partial charge in [-0.1, -0.05) is 54.1 Å². The zero-order valence-electron chi connectivity index (χ0n) is 9.29. The fourth-order valence-corrected chi connectivity index (χ4v) is 2.96. The fraction of sp³-hybridized carbons (Fsp3) is 0.200. The molecular weight excluding hydrogens is 251 g/mol. The van der Waals surface area contributed by atoms with Gasteiger partial charge in [-0.25, -0.2) is 0 Å². The second-order valence-corrected chi connectivity index (χ2v) is 5.23. The van der Waals surface area contributed by atoms with E-state index in [0.29, 0.717) is 0 Å². The van der Waals surface area contributed by atoms with E-state index >= 15 is 0 Å². The molecule has 0 radical (unpaired) electrons. The fourth-order valence-electron chi connectivity index (χ4n) is 2.44. The molecule has 0 amide bonds. The van der Waals surface area contributed by atoms with Gasteiger partial charge in [0.2, 0.25) is 0 Å². The first-order chi connectivity index (χ1) is 8.27. The summed E-state index contributed by atoms with van der Waals surface area (Å²) in [5, 5.41) is 0.592. The number of hydrogen-bond donors (Lipinski definition) is 0. The summed E-state index contributed by atoms with van der Waals surface area (Å²) in [4.78, 5) is 0. The van der Waals surface area contributed by atoms with Gasteiger partial charge in [-0.05, 0) is 29.6 Å². The maximum atomic E-state index is 6.36. The molecule has 0 spiro atoms. The van der Waals surface area contributed by atoms with Gasteiger partial charge in [0.1, 0.15) is 0 Å². The number of rotatable bonds is 2. The molecule has 0 heterocycles. The highest BCUT2D eigenvalue weighted by molar-refractivity contribution is 6.39. The van der Waals surface area contributed by atoms with Crippen LogP contribution in [0.2, 0.25) is 0 Å². The van der Waals surface area contributed by atoms with Crippen LogP contribution in [0.4, 0.5) is 0 Å². The van der Waals surface area contributed by atoms with Gasteiger partial charge in [-0.2, -0.15) is 0 Å². The molecule has 0 nitrogen and oxygen atoms in total. The maximum Gasteiger partial charge on any atom is 0.0887 e. The van der Waals surface area contributed by atoms with Crippen LogP contribution in [0, 0.1) is 0 Å². The Kier molecular flexibility index (Phi) is 2.85. The molecule has 3 aliphatic rings. The van der Waals surface area contributed by atoms with Crippen LogP contribution in [0.5, 0.6) is 0 Å². The topological polar surface area (TPSA) is 0 Å². The van der Waals surface area contributed by atoms with Crippen molar-refractivity contribution in [1.82, 2.24) is 0 Å². The molecule has 2 heteroatoms. The number of halogens is 2. The van der Waals surface area contributed by atoms with Crippen molar-refractivity contribution < 1.29 is 0 Å². The van der Waals surface area contributed by atoms with E-state index in [0.717, 1.165) is 23.4 Å². The van der Waals surface area contributed by atoms with Gasteiger partial charge in [0.25, 0.3) is 0 Å². The summed E-state index contributed by atoms with van der Waals surface area (Å²) in [6, 6.07) is 0. The lowest BCUT2D eigenvalue weighted by Gasteiger charge is -2.11.